The average Bonchev–Trinajstić information content (AvgIpc) is 2.55. The Bertz CT molecular complexity index is 176. The molecule has 76 valence electrons. The van der Waals surface area contributed by atoms with Crippen molar-refractivity contribution in [2.45, 2.75) is 38.8 Å². The van der Waals surface area contributed by atoms with E-state index < -0.39 is 0 Å². The molecule has 2 unspecified atom stereocenters. The zero-order chi connectivity index (χ0) is 9.84. The lowest BCUT2D eigenvalue weighted by atomic mass is 10.2. The van der Waals surface area contributed by atoms with E-state index in [1.165, 1.54) is 0 Å². The molecule has 1 rings (SSSR count). The van der Waals surface area contributed by atoms with Crippen molar-refractivity contribution >= 4 is 5.78 Å². The molecule has 1 aliphatic heterocycles. The van der Waals surface area contributed by atoms with Gasteiger partial charge >= 0.3 is 0 Å². The second-order valence-corrected chi connectivity index (χ2v) is 3.86. The van der Waals surface area contributed by atoms with Gasteiger partial charge in [-0.3, -0.25) is 9.69 Å². The van der Waals surface area contributed by atoms with Gasteiger partial charge in [-0.25, -0.2) is 0 Å². The van der Waals surface area contributed by atoms with Crippen LogP contribution >= 0.6 is 0 Å². The van der Waals surface area contributed by atoms with E-state index in [0.29, 0.717) is 6.10 Å². The van der Waals surface area contributed by atoms with Crippen molar-refractivity contribution in [2.24, 2.45) is 0 Å². The van der Waals surface area contributed by atoms with Crippen LogP contribution in [-0.2, 0) is 9.53 Å². The Balaban J connectivity index is 2.30. The molecule has 0 aromatic heterocycles. The largest absolute Gasteiger partial charge is 0.377 e. The van der Waals surface area contributed by atoms with Gasteiger partial charge in [0.1, 0.15) is 5.78 Å². The van der Waals surface area contributed by atoms with Gasteiger partial charge in [0.2, 0.25) is 0 Å². The smallest absolute Gasteiger partial charge is 0.146 e. The molecule has 0 saturated carbocycles. The van der Waals surface area contributed by atoms with E-state index in [9.17, 15) is 4.79 Å². The number of Topliss-reactive ketones (excluding diaryl/α,β-unsaturated/α-hetero) is 1. The number of nitrogens with zero attached hydrogens (tertiary/aromatic N) is 1. The lowest BCUT2D eigenvalue weighted by molar-refractivity contribution is -0.121. The van der Waals surface area contributed by atoms with Crippen LogP contribution in [-0.4, -0.2) is 43.0 Å². The molecular weight excluding hydrogens is 166 g/mol. The number of carbonyl (C=O) groups is 1. The minimum atomic E-state index is 0.0178. The summed E-state index contributed by atoms with van der Waals surface area (Å²) in [6.45, 7) is 5.33. The number of ether oxygens (including phenoxy) is 1. The molecule has 0 N–H and O–H groups in total. The van der Waals surface area contributed by atoms with Gasteiger partial charge in [0, 0.05) is 13.2 Å². The fourth-order valence-corrected chi connectivity index (χ4v) is 1.58. The lowest BCUT2D eigenvalue weighted by Gasteiger charge is -2.24. The Morgan fingerprint density at radius 1 is 1.69 bits per heavy atom. The van der Waals surface area contributed by atoms with E-state index in [2.05, 4.69) is 4.90 Å². The van der Waals surface area contributed by atoms with Gasteiger partial charge in [-0.15, -0.1) is 0 Å². The third-order valence-electron chi connectivity index (χ3n) is 2.77. The molecular formula is C10H19NO2. The fourth-order valence-electron chi connectivity index (χ4n) is 1.58. The summed E-state index contributed by atoms with van der Waals surface area (Å²) >= 11 is 0. The van der Waals surface area contributed by atoms with Gasteiger partial charge in [0.05, 0.1) is 12.1 Å². The summed E-state index contributed by atoms with van der Waals surface area (Å²) in [5, 5.41) is 0. The summed E-state index contributed by atoms with van der Waals surface area (Å²) < 4.78 is 5.50. The minimum Gasteiger partial charge on any atom is -0.377 e. The van der Waals surface area contributed by atoms with Crippen LogP contribution < -0.4 is 0 Å². The van der Waals surface area contributed by atoms with Gasteiger partial charge in [0.15, 0.2) is 0 Å². The summed E-state index contributed by atoms with van der Waals surface area (Å²) in [5.41, 5.74) is 0. The van der Waals surface area contributed by atoms with E-state index in [-0.39, 0.29) is 11.8 Å². The minimum absolute atomic E-state index is 0.0178. The van der Waals surface area contributed by atoms with Crippen LogP contribution in [0.3, 0.4) is 0 Å². The predicted molar refractivity (Wildman–Crippen MR) is 51.7 cm³/mol. The van der Waals surface area contributed by atoms with E-state index in [4.69, 9.17) is 4.74 Å². The van der Waals surface area contributed by atoms with Crippen LogP contribution in [0.5, 0.6) is 0 Å². The third kappa shape index (κ3) is 3.08. The number of hydrogen-bond acceptors (Lipinski definition) is 3. The second-order valence-electron chi connectivity index (χ2n) is 3.86. The maximum absolute atomic E-state index is 11.1. The van der Waals surface area contributed by atoms with Gasteiger partial charge in [0.25, 0.3) is 0 Å². The highest BCUT2D eigenvalue weighted by molar-refractivity contribution is 5.80. The Morgan fingerprint density at radius 2 is 2.38 bits per heavy atom. The second kappa shape index (κ2) is 4.72. The number of likely N-dealkylation sites (N-methyl/N-ethyl adjacent to an activating group) is 1. The first-order valence-electron chi connectivity index (χ1n) is 4.93. The van der Waals surface area contributed by atoms with Crippen molar-refractivity contribution in [3.05, 3.63) is 0 Å². The first kappa shape index (κ1) is 10.7. The zero-order valence-corrected chi connectivity index (χ0v) is 8.75. The Kier molecular flexibility index (Phi) is 3.88. The van der Waals surface area contributed by atoms with Crippen molar-refractivity contribution in [1.29, 1.82) is 0 Å². The molecule has 0 amide bonds. The van der Waals surface area contributed by atoms with Crippen LogP contribution in [0.4, 0.5) is 0 Å². The molecule has 13 heavy (non-hydrogen) atoms. The Labute approximate surface area is 80.1 Å². The number of carbonyl (C=O) groups excluding carboxylic acids is 1. The number of rotatable bonds is 4. The summed E-state index contributed by atoms with van der Waals surface area (Å²) in [6, 6.07) is 0.0178. The van der Waals surface area contributed by atoms with Crippen LogP contribution in [0, 0.1) is 0 Å². The van der Waals surface area contributed by atoms with Crippen molar-refractivity contribution in [1.82, 2.24) is 4.90 Å². The molecule has 0 aliphatic carbocycles. The van der Waals surface area contributed by atoms with Crippen LogP contribution in [0.1, 0.15) is 26.7 Å². The highest BCUT2D eigenvalue weighted by Gasteiger charge is 2.21. The van der Waals surface area contributed by atoms with Gasteiger partial charge in [-0.2, -0.15) is 0 Å². The fraction of sp³-hybridized carbons (Fsp3) is 0.900. The lowest BCUT2D eigenvalue weighted by Crippen LogP contribution is -2.39. The molecule has 1 aliphatic rings. The quantitative estimate of drug-likeness (QED) is 0.656. The molecule has 0 aromatic rings. The van der Waals surface area contributed by atoms with Crippen LogP contribution in [0.2, 0.25) is 0 Å². The van der Waals surface area contributed by atoms with Crippen LogP contribution in [0.25, 0.3) is 0 Å². The molecule has 0 bridgehead atoms. The first-order chi connectivity index (χ1) is 6.11. The molecule has 0 aromatic carbocycles. The number of hydrogen-bond donors (Lipinski definition) is 0. The Morgan fingerprint density at radius 3 is 2.85 bits per heavy atom. The highest BCUT2D eigenvalue weighted by Crippen LogP contribution is 2.13. The Hall–Kier alpha value is -0.410. The molecule has 3 nitrogen and oxygen atoms in total. The summed E-state index contributed by atoms with van der Waals surface area (Å²) in [4.78, 5) is 13.1. The summed E-state index contributed by atoms with van der Waals surface area (Å²) in [6.07, 6.45) is 2.63. The normalized spacial score (nSPS) is 25.1. The summed E-state index contributed by atoms with van der Waals surface area (Å²) in [7, 11) is 1.98. The molecule has 0 spiro atoms. The maximum Gasteiger partial charge on any atom is 0.146 e. The molecule has 2 atom stereocenters. The molecule has 0 radical (unpaired) electrons. The molecule has 1 saturated heterocycles. The van der Waals surface area contributed by atoms with E-state index >= 15 is 0 Å². The van der Waals surface area contributed by atoms with E-state index in [1.54, 1.807) is 6.92 Å². The van der Waals surface area contributed by atoms with E-state index in [0.717, 1.165) is 26.0 Å². The molecule has 3 heteroatoms. The molecule has 1 fully saturated rings. The average molecular weight is 185 g/mol. The maximum atomic E-state index is 11.1. The number of ketones is 1. The molecule has 1 heterocycles. The van der Waals surface area contributed by atoms with E-state index in [1.807, 2.05) is 14.0 Å². The van der Waals surface area contributed by atoms with Gasteiger partial charge < -0.3 is 4.74 Å². The van der Waals surface area contributed by atoms with Crippen LogP contribution in [0.15, 0.2) is 0 Å². The monoisotopic (exact) mass is 185 g/mol. The van der Waals surface area contributed by atoms with Crippen molar-refractivity contribution in [2.75, 3.05) is 20.2 Å². The standard InChI is InChI=1S/C10H19NO2/c1-8(9(2)12)11(3)7-10-5-4-6-13-10/h8,10H,4-7H2,1-3H3. The third-order valence-corrected chi connectivity index (χ3v) is 2.77. The van der Waals surface area contributed by atoms with Crippen molar-refractivity contribution in [3.63, 3.8) is 0 Å². The summed E-state index contributed by atoms with van der Waals surface area (Å²) in [5.74, 6) is 0.223. The van der Waals surface area contributed by atoms with Gasteiger partial charge in [-0.1, -0.05) is 0 Å². The zero-order valence-electron chi connectivity index (χ0n) is 8.75. The first-order valence-corrected chi connectivity index (χ1v) is 4.93. The predicted octanol–water partition coefficient (Wildman–Crippen LogP) is 1.07. The SMILES string of the molecule is CC(=O)C(C)N(C)CC1CCCO1. The highest BCUT2D eigenvalue weighted by atomic mass is 16.5. The van der Waals surface area contributed by atoms with Crippen molar-refractivity contribution < 1.29 is 9.53 Å². The van der Waals surface area contributed by atoms with Gasteiger partial charge in [-0.05, 0) is 33.7 Å². The van der Waals surface area contributed by atoms with Crippen molar-refractivity contribution in [3.8, 4) is 0 Å². The topological polar surface area (TPSA) is 29.5 Å².